The first-order valence-corrected chi connectivity index (χ1v) is 10.5. The van der Waals surface area contributed by atoms with Crippen LogP contribution < -0.4 is 5.56 Å². The van der Waals surface area contributed by atoms with Crippen molar-refractivity contribution in [3.63, 3.8) is 0 Å². The smallest absolute Gasteiger partial charge is 0.345 e. The Morgan fingerprint density at radius 1 is 1.00 bits per heavy atom. The normalized spacial score (nSPS) is 12.3. The summed E-state index contributed by atoms with van der Waals surface area (Å²) < 4.78 is 6.39. The molecule has 0 unspecified atom stereocenters. The third-order valence-electron chi connectivity index (χ3n) is 5.50. The van der Waals surface area contributed by atoms with Crippen LogP contribution in [0.5, 0.6) is 0 Å². The number of ether oxygens (including phenoxy) is 1. The molecule has 10 nitrogen and oxygen atoms in total. The molecule has 0 fully saturated rings. The van der Waals surface area contributed by atoms with E-state index in [-0.39, 0.29) is 28.0 Å². The van der Waals surface area contributed by atoms with Gasteiger partial charge in [-0.05, 0) is 24.3 Å². The number of nitro benzene ring substituents is 1. The zero-order chi connectivity index (χ0) is 24.9. The molecule has 11 heteroatoms. The van der Waals surface area contributed by atoms with Crippen LogP contribution in [0.2, 0.25) is 5.02 Å². The van der Waals surface area contributed by atoms with Crippen LogP contribution in [0.4, 0.5) is 5.69 Å². The molecule has 5 rings (SSSR count). The third-order valence-corrected chi connectivity index (χ3v) is 5.72. The second-order valence-electron chi connectivity index (χ2n) is 7.58. The molecule has 0 saturated carbocycles. The molecule has 172 valence electrons. The molecule has 2 heterocycles. The molecule has 1 aliphatic rings. The number of fused-ring (bicyclic) bond motifs is 3. The first-order valence-electron chi connectivity index (χ1n) is 10.1. The fourth-order valence-electron chi connectivity index (χ4n) is 3.94. The maximum absolute atomic E-state index is 13.1. The minimum atomic E-state index is -1.11. The molecule has 0 atom stereocenters. The van der Waals surface area contributed by atoms with E-state index in [2.05, 4.69) is 4.98 Å². The van der Waals surface area contributed by atoms with Gasteiger partial charge in [0, 0.05) is 29.0 Å². The molecule has 2 aromatic carbocycles. The Bertz CT molecular complexity index is 1680. The molecule has 4 aromatic rings. The summed E-state index contributed by atoms with van der Waals surface area (Å²) in [6.07, 6.45) is 1.38. The van der Waals surface area contributed by atoms with Crippen LogP contribution in [-0.4, -0.2) is 31.8 Å². The molecule has 0 N–H and O–H groups in total. The monoisotopic (exact) mass is 489 g/mol. The van der Waals surface area contributed by atoms with Crippen molar-refractivity contribution in [2.75, 3.05) is 0 Å². The lowest BCUT2D eigenvalue weighted by Crippen LogP contribution is -2.24. The molecule has 0 saturated heterocycles. The van der Waals surface area contributed by atoms with E-state index in [9.17, 15) is 29.3 Å². The van der Waals surface area contributed by atoms with Crippen molar-refractivity contribution in [3.8, 4) is 0 Å². The lowest BCUT2D eigenvalue weighted by molar-refractivity contribution is -0.385. The first-order chi connectivity index (χ1) is 16.8. The summed E-state index contributed by atoms with van der Waals surface area (Å²) in [7, 11) is 0. The van der Waals surface area contributed by atoms with Crippen molar-refractivity contribution in [3.05, 3.63) is 120 Å². The lowest BCUT2D eigenvalue weighted by Gasteiger charge is -2.18. The minimum Gasteiger partial charge on any atom is -0.455 e. The Balaban J connectivity index is 1.51. The van der Waals surface area contributed by atoms with Crippen molar-refractivity contribution in [1.82, 2.24) is 9.38 Å². The highest BCUT2D eigenvalue weighted by molar-refractivity contribution is 6.31. The maximum atomic E-state index is 13.1. The third kappa shape index (κ3) is 3.65. The first kappa shape index (κ1) is 22.1. The fraction of sp³-hybridized carbons (Fsp3) is 0.0417. The van der Waals surface area contributed by atoms with Crippen molar-refractivity contribution in [2.45, 2.75) is 6.61 Å². The van der Waals surface area contributed by atoms with Gasteiger partial charge in [0.15, 0.2) is 5.78 Å². The molecule has 0 radical (unpaired) electrons. The van der Waals surface area contributed by atoms with Gasteiger partial charge in [-0.2, -0.15) is 0 Å². The second kappa shape index (κ2) is 8.26. The van der Waals surface area contributed by atoms with Gasteiger partial charge >= 0.3 is 5.97 Å². The van der Waals surface area contributed by atoms with Crippen LogP contribution in [0.25, 0.3) is 5.65 Å². The van der Waals surface area contributed by atoms with Crippen LogP contribution in [0.3, 0.4) is 0 Å². The highest BCUT2D eigenvalue weighted by Crippen LogP contribution is 2.35. The SMILES string of the molecule is O=C1c2ccccc2C(=O)c2c1ccc(C(=O)OCc1cc(=O)n3cc(Cl)ccc3n1)c2[N+](=O)[O-]. The number of nitrogens with zero attached hydrogens (tertiary/aromatic N) is 3. The average molecular weight is 490 g/mol. The van der Waals surface area contributed by atoms with Crippen LogP contribution in [0, 0.1) is 10.1 Å². The van der Waals surface area contributed by atoms with Gasteiger partial charge < -0.3 is 4.74 Å². The van der Waals surface area contributed by atoms with Crippen LogP contribution in [0.15, 0.2) is 65.6 Å². The van der Waals surface area contributed by atoms with Gasteiger partial charge in [0.25, 0.3) is 11.2 Å². The van der Waals surface area contributed by atoms with E-state index in [1.165, 1.54) is 47.0 Å². The lowest BCUT2D eigenvalue weighted by atomic mass is 9.82. The van der Waals surface area contributed by atoms with E-state index in [0.29, 0.717) is 5.02 Å². The summed E-state index contributed by atoms with van der Waals surface area (Å²) in [5.41, 5.74) is -1.91. The fourth-order valence-corrected chi connectivity index (χ4v) is 4.10. The van der Waals surface area contributed by atoms with Crippen molar-refractivity contribution < 1.29 is 24.0 Å². The summed E-state index contributed by atoms with van der Waals surface area (Å²) in [6.45, 7) is -0.461. The molecule has 0 bridgehead atoms. The van der Waals surface area contributed by atoms with Crippen LogP contribution >= 0.6 is 11.6 Å². The zero-order valence-corrected chi connectivity index (χ0v) is 18.3. The predicted molar refractivity (Wildman–Crippen MR) is 122 cm³/mol. The van der Waals surface area contributed by atoms with Crippen molar-refractivity contribution >= 4 is 40.5 Å². The number of pyridine rings is 1. The zero-order valence-electron chi connectivity index (χ0n) is 17.6. The van der Waals surface area contributed by atoms with Gasteiger partial charge in [0.05, 0.1) is 15.6 Å². The number of nitro groups is 1. The second-order valence-corrected chi connectivity index (χ2v) is 8.02. The van der Waals surface area contributed by atoms with Crippen molar-refractivity contribution in [1.29, 1.82) is 0 Å². The van der Waals surface area contributed by atoms with Gasteiger partial charge in [0.1, 0.15) is 23.4 Å². The quantitative estimate of drug-likeness (QED) is 0.213. The predicted octanol–water partition coefficient (Wildman–Crippen LogP) is 3.39. The van der Waals surface area contributed by atoms with E-state index >= 15 is 0 Å². The molecule has 0 amide bonds. The van der Waals surface area contributed by atoms with Gasteiger partial charge in [-0.1, -0.05) is 35.9 Å². The molecule has 35 heavy (non-hydrogen) atoms. The molecule has 1 aliphatic carbocycles. The highest BCUT2D eigenvalue weighted by Gasteiger charge is 2.39. The Morgan fingerprint density at radius 3 is 2.43 bits per heavy atom. The van der Waals surface area contributed by atoms with Crippen LogP contribution in [-0.2, 0) is 11.3 Å². The van der Waals surface area contributed by atoms with E-state index in [4.69, 9.17) is 16.3 Å². The Hall–Kier alpha value is -4.70. The average Bonchev–Trinajstić information content (AvgIpc) is 2.85. The summed E-state index contributed by atoms with van der Waals surface area (Å²) in [6, 6.07) is 12.4. The largest absolute Gasteiger partial charge is 0.455 e. The number of hydrogen-bond donors (Lipinski definition) is 0. The number of benzene rings is 2. The number of hydrogen-bond acceptors (Lipinski definition) is 8. The summed E-state index contributed by atoms with van der Waals surface area (Å²) in [5.74, 6) is -2.41. The maximum Gasteiger partial charge on any atom is 0.345 e. The van der Waals surface area contributed by atoms with Gasteiger partial charge in [-0.25, -0.2) is 9.78 Å². The van der Waals surface area contributed by atoms with Gasteiger partial charge in [-0.3, -0.25) is 28.9 Å². The Kier molecular flexibility index (Phi) is 5.22. The van der Waals surface area contributed by atoms with Crippen molar-refractivity contribution in [2.24, 2.45) is 0 Å². The van der Waals surface area contributed by atoms with E-state index in [1.807, 2.05) is 0 Å². The topological polar surface area (TPSA) is 138 Å². The standard InChI is InChI=1S/C24H12ClN3O7/c25-12-5-8-18-26-13(9-19(29)27(18)10-12)11-35-24(32)17-7-6-16-20(21(17)28(33)34)23(31)15-4-2-1-3-14(15)22(16)30/h1-10H,11H2. The number of esters is 1. The number of carbonyl (C=O) groups excluding carboxylic acids is 3. The van der Waals surface area contributed by atoms with Crippen LogP contribution in [0.1, 0.15) is 47.9 Å². The minimum absolute atomic E-state index is 0.0135. The summed E-state index contributed by atoms with van der Waals surface area (Å²) in [5, 5.41) is 12.3. The molecular weight excluding hydrogens is 478 g/mol. The van der Waals surface area contributed by atoms with E-state index in [1.54, 1.807) is 6.07 Å². The number of aromatic nitrogens is 2. The molecule has 0 aliphatic heterocycles. The van der Waals surface area contributed by atoms with E-state index in [0.717, 1.165) is 12.1 Å². The molecular formula is C24H12ClN3O7. The van der Waals surface area contributed by atoms with E-state index < -0.39 is 51.4 Å². The summed E-state index contributed by atoms with van der Waals surface area (Å²) >= 11 is 5.88. The summed E-state index contributed by atoms with van der Waals surface area (Å²) in [4.78, 5) is 66.2. The Labute approximate surface area is 200 Å². The molecule has 0 spiro atoms. The highest BCUT2D eigenvalue weighted by atomic mass is 35.5. The van der Waals surface area contributed by atoms with Gasteiger partial charge in [0.2, 0.25) is 5.78 Å². The number of carbonyl (C=O) groups is 3. The number of ketones is 2. The number of halogens is 1. The Morgan fingerprint density at radius 2 is 1.71 bits per heavy atom. The number of rotatable bonds is 4. The molecule has 2 aromatic heterocycles. The van der Waals surface area contributed by atoms with Gasteiger partial charge in [-0.15, -0.1) is 0 Å².